The van der Waals surface area contributed by atoms with Crippen LogP contribution in [-0.2, 0) is 6.54 Å². The molecule has 1 aromatic carbocycles. The van der Waals surface area contributed by atoms with Crippen LogP contribution in [0.15, 0.2) is 34.9 Å². The zero-order valence-electron chi connectivity index (χ0n) is 19.4. The van der Waals surface area contributed by atoms with E-state index in [2.05, 4.69) is 35.7 Å². The molecule has 2 aromatic rings. The maximum absolute atomic E-state index is 5.94. The van der Waals surface area contributed by atoms with Gasteiger partial charge in [-0.1, -0.05) is 0 Å². The van der Waals surface area contributed by atoms with Gasteiger partial charge < -0.3 is 19.0 Å². The topological polar surface area (TPSA) is 45.0 Å². The molecule has 6 nitrogen and oxygen atoms in total. The van der Waals surface area contributed by atoms with Crippen LogP contribution in [0.25, 0.3) is 11.5 Å². The van der Waals surface area contributed by atoms with Gasteiger partial charge in [-0.3, -0.25) is 4.90 Å². The summed E-state index contributed by atoms with van der Waals surface area (Å²) in [5.74, 6) is 1.60. The fourth-order valence-corrected chi connectivity index (χ4v) is 4.71. The Morgan fingerprint density at radius 3 is 2.68 bits per heavy atom. The molecule has 0 N–H and O–H groups in total. The molecule has 2 fully saturated rings. The van der Waals surface area contributed by atoms with Crippen molar-refractivity contribution in [2.45, 2.75) is 57.7 Å². The number of likely N-dealkylation sites (N-methyl/N-ethyl adjacent to an activating group) is 1. The van der Waals surface area contributed by atoms with E-state index in [-0.39, 0.29) is 0 Å². The van der Waals surface area contributed by atoms with Crippen molar-refractivity contribution in [2.75, 3.05) is 46.9 Å². The van der Waals surface area contributed by atoms with Crippen LogP contribution < -0.4 is 4.74 Å². The van der Waals surface area contributed by atoms with Crippen LogP contribution >= 0.6 is 0 Å². The Bertz CT molecular complexity index is 804. The van der Waals surface area contributed by atoms with Gasteiger partial charge in [-0.25, -0.2) is 4.98 Å². The van der Waals surface area contributed by atoms with E-state index < -0.39 is 0 Å². The number of unbranched alkanes of at least 4 members (excludes halogenated alkanes) is 1. The number of ether oxygens (including phenoxy) is 1. The fourth-order valence-electron chi connectivity index (χ4n) is 4.71. The highest BCUT2D eigenvalue weighted by molar-refractivity contribution is 5.54. The third-order valence-electron chi connectivity index (χ3n) is 6.82. The zero-order valence-corrected chi connectivity index (χ0v) is 19.4. The van der Waals surface area contributed by atoms with Crippen LogP contribution in [0.4, 0.5) is 0 Å². The van der Waals surface area contributed by atoms with E-state index in [9.17, 15) is 0 Å². The monoisotopic (exact) mass is 426 g/mol. The number of likely N-dealkylation sites (tertiary alicyclic amines) is 2. The lowest BCUT2D eigenvalue weighted by Gasteiger charge is -2.20. The maximum Gasteiger partial charge on any atom is 0.226 e. The smallest absolute Gasteiger partial charge is 0.226 e. The van der Waals surface area contributed by atoms with Gasteiger partial charge in [-0.15, -0.1) is 0 Å². The van der Waals surface area contributed by atoms with E-state index >= 15 is 0 Å². The number of oxazole rings is 1. The van der Waals surface area contributed by atoms with E-state index in [4.69, 9.17) is 14.1 Å². The Morgan fingerprint density at radius 1 is 1.13 bits per heavy atom. The highest BCUT2D eigenvalue weighted by atomic mass is 16.5. The lowest BCUT2D eigenvalue weighted by atomic mass is 10.2. The fraction of sp³-hybridized carbons (Fsp3) is 0.640. The summed E-state index contributed by atoms with van der Waals surface area (Å²) in [4.78, 5) is 12.1. The molecule has 2 saturated heterocycles. The SMILES string of the molecule is CC1CCCN1Cc1coc(-c2ccc(OCCCCN3CCC(N(C)C)C3)cc2)n1. The zero-order chi connectivity index (χ0) is 21.6. The molecule has 6 heteroatoms. The van der Waals surface area contributed by atoms with E-state index in [0.29, 0.717) is 11.9 Å². The molecule has 4 rings (SSSR count). The molecule has 0 saturated carbocycles. The van der Waals surface area contributed by atoms with Gasteiger partial charge in [0.25, 0.3) is 0 Å². The number of aromatic nitrogens is 1. The van der Waals surface area contributed by atoms with Crippen molar-refractivity contribution in [3.8, 4) is 17.2 Å². The minimum absolute atomic E-state index is 0.641. The van der Waals surface area contributed by atoms with Gasteiger partial charge >= 0.3 is 0 Å². The third kappa shape index (κ3) is 6.09. The van der Waals surface area contributed by atoms with Crippen molar-refractivity contribution in [3.05, 3.63) is 36.2 Å². The van der Waals surface area contributed by atoms with Crippen LogP contribution in [0.1, 0.15) is 44.7 Å². The molecular formula is C25H38N4O2. The normalized spacial score (nSPS) is 22.6. The second kappa shape index (κ2) is 10.6. The Balaban J connectivity index is 1.17. The molecule has 0 amide bonds. The van der Waals surface area contributed by atoms with Crippen molar-refractivity contribution in [2.24, 2.45) is 0 Å². The summed E-state index contributed by atoms with van der Waals surface area (Å²) in [5.41, 5.74) is 2.01. The molecule has 170 valence electrons. The van der Waals surface area contributed by atoms with Crippen LogP contribution in [0.3, 0.4) is 0 Å². The summed E-state index contributed by atoms with van der Waals surface area (Å²) in [5, 5.41) is 0. The van der Waals surface area contributed by atoms with E-state index in [1.54, 1.807) is 6.26 Å². The second-order valence-electron chi connectivity index (χ2n) is 9.39. The molecule has 0 bridgehead atoms. The molecule has 3 heterocycles. The maximum atomic E-state index is 5.94. The van der Waals surface area contributed by atoms with Crippen LogP contribution in [0.5, 0.6) is 5.75 Å². The van der Waals surface area contributed by atoms with Crippen molar-refractivity contribution < 1.29 is 9.15 Å². The number of hydrogen-bond acceptors (Lipinski definition) is 6. The van der Waals surface area contributed by atoms with Gasteiger partial charge in [-0.05, 0) is 97.0 Å². The average molecular weight is 427 g/mol. The molecule has 1 aromatic heterocycles. The Kier molecular flexibility index (Phi) is 7.64. The number of benzene rings is 1. The van der Waals surface area contributed by atoms with Gasteiger partial charge in [0, 0.05) is 30.7 Å². The van der Waals surface area contributed by atoms with Crippen LogP contribution in [0, 0.1) is 0 Å². The van der Waals surface area contributed by atoms with Crippen molar-refractivity contribution >= 4 is 0 Å². The van der Waals surface area contributed by atoms with Gasteiger partial charge in [0.05, 0.1) is 12.3 Å². The molecular weight excluding hydrogens is 388 g/mol. The summed E-state index contributed by atoms with van der Waals surface area (Å²) >= 11 is 0. The first-order chi connectivity index (χ1) is 15.1. The summed E-state index contributed by atoms with van der Waals surface area (Å²) in [6.07, 6.45) is 7.92. The van der Waals surface area contributed by atoms with E-state index in [1.807, 2.05) is 24.3 Å². The number of hydrogen-bond donors (Lipinski definition) is 0. The van der Waals surface area contributed by atoms with Crippen molar-refractivity contribution in [1.82, 2.24) is 19.7 Å². The predicted molar refractivity (Wildman–Crippen MR) is 124 cm³/mol. The first kappa shape index (κ1) is 22.3. The average Bonchev–Trinajstić information content (AvgIpc) is 3.51. The molecule has 0 radical (unpaired) electrons. The molecule has 2 unspecified atom stereocenters. The lowest BCUT2D eigenvalue weighted by Crippen LogP contribution is -2.31. The van der Waals surface area contributed by atoms with Crippen molar-refractivity contribution in [1.29, 1.82) is 0 Å². The minimum Gasteiger partial charge on any atom is -0.494 e. The first-order valence-electron chi connectivity index (χ1n) is 11.9. The molecule has 0 spiro atoms. The molecule has 2 aliphatic heterocycles. The predicted octanol–water partition coefficient (Wildman–Crippen LogP) is 4.12. The van der Waals surface area contributed by atoms with E-state index in [0.717, 1.165) is 49.2 Å². The largest absolute Gasteiger partial charge is 0.494 e. The highest BCUT2D eigenvalue weighted by Gasteiger charge is 2.23. The minimum atomic E-state index is 0.641. The Hall–Kier alpha value is -1.89. The van der Waals surface area contributed by atoms with Gasteiger partial charge in [0.1, 0.15) is 12.0 Å². The summed E-state index contributed by atoms with van der Waals surface area (Å²) in [6.45, 7) is 8.69. The first-order valence-corrected chi connectivity index (χ1v) is 11.9. The van der Waals surface area contributed by atoms with Crippen LogP contribution in [0.2, 0.25) is 0 Å². The quantitative estimate of drug-likeness (QED) is 0.533. The molecule has 31 heavy (non-hydrogen) atoms. The molecule has 2 aliphatic rings. The Labute approximate surface area is 187 Å². The second-order valence-corrected chi connectivity index (χ2v) is 9.39. The summed E-state index contributed by atoms with van der Waals surface area (Å²) < 4.78 is 11.7. The van der Waals surface area contributed by atoms with Gasteiger partial charge in [0.15, 0.2) is 0 Å². The van der Waals surface area contributed by atoms with Gasteiger partial charge in [-0.2, -0.15) is 0 Å². The van der Waals surface area contributed by atoms with E-state index in [1.165, 1.54) is 45.3 Å². The molecule has 0 aliphatic carbocycles. The lowest BCUT2D eigenvalue weighted by molar-refractivity contribution is 0.254. The summed E-state index contributed by atoms with van der Waals surface area (Å²) in [7, 11) is 4.37. The molecule has 2 atom stereocenters. The number of nitrogens with zero attached hydrogens (tertiary/aromatic N) is 4. The highest BCUT2D eigenvalue weighted by Crippen LogP contribution is 2.24. The van der Waals surface area contributed by atoms with Crippen LogP contribution in [-0.4, -0.2) is 78.6 Å². The number of rotatable bonds is 10. The van der Waals surface area contributed by atoms with Crippen molar-refractivity contribution in [3.63, 3.8) is 0 Å². The third-order valence-corrected chi connectivity index (χ3v) is 6.82. The van der Waals surface area contributed by atoms with Gasteiger partial charge in [0.2, 0.25) is 5.89 Å². The Morgan fingerprint density at radius 2 is 1.97 bits per heavy atom. The summed E-state index contributed by atoms with van der Waals surface area (Å²) in [6, 6.07) is 9.47. The standard InChI is InChI=1S/C25H38N4O2/c1-20-7-6-14-29(20)17-22-19-31-25(26-22)21-8-10-24(11-9-21)30-16-5-4-13-28-15-12-23(18-28)27(2)3/h8-11,19-20,23H,4-7,12-18H2,1-3H3.